The van der Waals surface area contributed by atoms with Gasteiger partial charge in [-0.25, -0.2) is 67.3 Å². The molecule has 0 bridgehead atoms. The summed E-state index contributed by atoms with van der Waals surface area (Å²) >= 11 is 11.8. The quantitative estimate of drug-likeness (QED) is 0.0680. The van der Waals surface area contributed by atoms with Crippen LogP contribution in [0.2, 0.25) is 10.0 Å². The summed E-state index contributed by atoms with van der Waals surface area (Å²) in [5.74, 6) is 0.0586. The molecule has 0 N–H and O–H groups in total. The molecule has 0 spiro atoms. The van der Waals surface area contributed by atoms with Crippen LogP contribution >= 0.6 is 23.2 Å². The lowest BCUT2D eigenvalue weighted by atomic mass is 10.1. The van der Waals surface area contributed by atoms with Gasteiger partial charge in [-0.3, -0.25) is 0 Å². The van der Waals surface area contributed by atoms with Crippen LogP contribution in [-0.4, -0.2) is 116 Å². The van der Waals surface area contributed by atoms with E-state index in [-0.39, 0.29) is 55.9 Å². The van der Waals surface area contributed by atoms with E-state index < -0.39 is 119 Å². The third-order valence-electron chi connectivity index (χ3n) is 16.8. The van der Waals surface area contributed by atoms with Gasteiger partial charge in [0, 0.05) is 41.3 Å². The van der Waals surface area contributed by atoms with Crippen molar-refractivity contribution in [1.29, 1.82) is 0 Å². The van der Waals surface area contributed by atoms with Crippen molar-refractivity contribution in [3.63, 3.8) is 0 Å². The lowest BCUT2D eigenvalue weighted by molar-refractivity contribution is -0.140. The lowest BCUT2D eigenvalue weighted by Gasteiger charge is -2.13. The van der Waals surface area contributed by atoms with Gasteiger partial charge in [0.2, 0.25) is 0 Å². The molecule has 0 amide bonds. The van der Waals surface area contributed by atoms with E-state index in [0.29, 0.717) is 47.7 Å². The second-order valence-electron chi connectivity index (χ2n) is 25.2. The van der Waals surface area contributed by atoms with Gasteiger partial charge in [-0.15, -0.1) is 0 Å². The average molecular weight is 1800 g/mol. The van der Waals surface area contributed by atoms with Crippen LogP contribution in [0.25, 0.3) is 0 Å². The number of hydrogen-bond donors (Lipinski definition) is 0. The number of alkyl halides is 9. The average Bonchev–Trinajstić information content (AvgIpc) is 0.795. The van der Waals surface area contributed by atoms with E-state index in [9.17, 15) is 107 Å². The summed E-state index contributed by atoms with van der Waals surface area (Å²) in [5, 5.41) is 1.05. The van der Waals surface area contributed by atoms with E-state index in [1.165, 1.54) is 73.7 Å². The molecule has 0 aliphatic heterocycles. The van der Waals surface area contributed by atoms with Crippen molar-refractivity contribution >= 4 is 102 Å². The van der Waals surface area contributed by atoms with Gasteiger partial charge in [0.05, 0.1) is 73.1 Å². The fourth-order valence-electron chi connectivity index (χ4n) is 9.78. The predicted octanol–water partition coefficient (Wildman–Crippen LogP) is 19.1. The maximum Gasteiger partial charge on any atom is 0.417 e. The molecule has 636 valence electrons. The van der Waals surface area contributed by atoms with Crippen LogP contribution < -0.4 is 0 Å². The molecule has 0 aliphatic rings. The number of halogens is 11. The molecule has 0 heterocycles. The fraction of sp³-hybridized carbons (Fsp3) is 0.392. The zero-order chi connectivity index (χ0) is 88.4. The van der Waals surface area contributed by atoms with E-state index in [2.05, 4.69) is 6.92 Å². The number of rotatable bonds is 19. The van der Waals surface area contributed by atoms with Gasteiger partial charge in [-0.1, -0.05) is 160 Å². The molecule has 0 saturated heterocycles. The number of aryl methyl sites for hydroxylation is 9. The topological polar surface area (TPSA) is 273 Å². The first-order valence-corrected chi connectivity index (χ1v) is 50.4. The Labute approximate surface area is 678 Å². The first kappa shape index (κ1) is 105. The van der Waals surface area contributed by atoms with Crippen LogP contribution in [-0.2, 0) is 149 Å². The summed E-state index contributed by atoms with van der Waals surface area (Å²) in [6.45, 7) is 21.6. The highest BCUT2D eigenvalue weighted by Gasteiger charge is 2.37. The summed E-state index contributed by atoms with van der Waals surface area (Å²) in [6, 6.07) is 38.6. The molecular weight excluding hydrogens is 1700 g/mol. The summed E-state index contributed by atoms with van der Waals surface area (Å²) in [4.78, 5) is 0.546. The summed E-state index contributed by atoms with van der Waals surface area (Å²) in [5.41, 5.74) is 4.33. The van der Waals surface area contributed by atoms with Gasteiger partial charge in [-0.2, -0.15) is 39.5 Å². The first-order chi connectivity index (χ1) is 52.1. The minimum atomic E-state index is -4.65. The summed E-state index contributed by atoms with van der Waals surface area (Å²) in [7, 11) is -26.4. The van der Waals surface area contributed by atoms with Crippen molar-refractivity contribution < 1.29 is 107 Å². The second kappa shape index (κ2) is 44.8. The molecule has 0 fully saturated rings. The highest BCUT2D eigenvalue weighted by atomic mass is 35.5. The zero-order valence-corrected chi connectivity index (χ0v) is 74.3. The molecule has 0 atom stereocenters. The molecule has 16 nitrogen and oxygen atoms in total. The highest BCUT2D eigenvalue weighted by molar-refractivity contribution is 7.93. The molecule has 114 heavy (non-hydrogen) atoms. The third kappa shape index (κ3) is 34.5. The Bertz CT molecular complexity index is 5410. The minimum absolute atomic E-state index is 0.0971. The number of benzene rings is 8. The fourth-order valence-corrected chi connectivity index (χ4v) is 16.7. The normalized spacial score (nSPS) is 12.1. The van der Waals surface area contributed by atoms with E-state index in [4.69, 9.17) is 23.2 Å². The van der Waals surface area contributed by atoms with Crippen molar-refractivity contribution in [2.24, 2.45) is 0 Å². The van der Waals surface area contributed by atoms with Crippen LogP contribution in [0.4, 0.5) is 39.5 Å². The van der Waals surface area contributed by atoms with Gasteiger partial charge in [0.1, 0.15) is 0 Å². The maximum absolute atomic E-state index is 12.7. The summed E-state index contributed by atoms with van der Waals surface area (Å²) in [6.07, 6.45) is -3.16. The Morgan fingerprint density at radius 1 is 0.254 bits per heavy atom. The zero-order valence-electron chi connectivity index (χ0n) is 66.2. The van der Waals surface area contributed by atoms with Crippen molar-refractivity contribution in [2.45, 2.75) is 192 Å². The molecule has 8 aromatic carbocycles. The summed E-state index contributed by atoms with van der Waals surface area (Å²) < 4.78 is 294. The van der Waals surface area contributed by atoms with Crippen LogP contribution in [0.1, 0.15) is 143 Å². The van der Waals surface area contributed by atoms with Crippen LogP contribution in [0.5, 0.6) is 0 Å². The van der Waals surface area contributed by atoms with Crippen LogP contribution in [0.3, 0.4) is 0 Å². The molecule has 0 unspecified atom stereocenters. The molecular formula is C79H99Cl2F9O16S8. The largest absolute Gasteiger partial charge is 0.417 e. The molecule has 35 heteroatoms. The van der Waals surface area contributed by atoms with Gasteiger partial charge in [0.15, 0.2) is 78.7 Å². The van der Waals surface area contributed by atoms with E-state index in [0.717, 1.165) is 90.6 Å². The minimum Gasteiger partial charge on any atom is -0.224 e. The standard InChI is InChI=1S/C11H13F3O2S.C10H13ClO2S.2C10H11F3O2S.2C10H14O2S.C9H11ClO2S.C9H12O2S/c1-3-8-5-6-9(17(15,16)4-2)7-10(8)11(12,13)14;1-3-8-5-6-9(7-10(8)11)14(12,13)4-2;1-3-7-4-5-8(16(2,14)15)6-9(7)10(11,12)13;1-3-7-4-5-9(16(2,14)15)8(6-7)10(11,12)13;1-4-9-5-6-10(7-8(9)2)13(3,11)12;1-3-9-5-7-10(8-6-9)13(11,12)4-2;1-3-7-4-5-8(6-9(7)10)13(2,11)12;1-3-8-4-6-9(7-5-8)12(2,10)11/h5-7H,3-4H2,1-2H3;5-7H,3-4H2,1-2H3;2*4-6H,3H2,1-2H3;5-7H,4H2,1-3H3;5-8H,3-4H2,1-2H3;4-6H,3H2,1-2H3;4-7H,3H2,1-2H3. The number of hydrogen-bond acceptors (Lipinski definition) is 16. The Morgan fingerprint density at radius 3 is 0.798 bits per heavy atom. The Morgan fingerprint density at radius 2 is 0.509 bits per heavy atom. The van der Waals surface area contributed by atoms with Crippen molar-refractivity contribution in [1.82, 2.24) is 0 Å². The SMILES string of the molecule is CCc1ccc(S(=O)(=O)CC)cc1.CCc1ccc(S(=O)(=O)CC)cc1C(F)(F)F.CCc1ccc(S(=O)(=O)CC)cc1Cl.CCc1ccc(S(C)(=O)=O)c(C(F)(F)F)c1.CCc1ccc(S(C)(=O)=O)cc1.CCc1ccc(S(C)(=O)=O)cc1C.CCc1ccc(S(C)(=O)=O)cc1C(F)(F)F.CCc1ccc(S(C)(=O)=O)cc1Cl. The van der Waals surface area contributed by atoms with E-state index >= 15 is 0 Å². The Kier molecular flexibility index (Phi) is 41.3. The highest BCUT2D eigenvalue weighted by Crippen LogP contribution is 2.37. The monoisotopic (exact) mass is 1800 g/mol. The number of sulfone groups is 8. The molecule has 8 rings (SSSR count). The van der Waals surface area contributed by atoms with Gasteiger partial charge in [0.25, 0.3) is 0 Å². The first-order valence-electron chi connectivity index (χ1n) is 35.2. The van der Waals surface area contributed by atoms with Crippen LogP contribution in [0.15, 0.2) is 197 Å². The molecule has 8 aromatic rings. The maximum atomic E-state index is 12.7. The molecule has 0 saturated carbocycles. The van der Waals surface area contributed by atoms with Crippen molar-refractivity contribution in [3.05, 3.63) is 235 Å². The lowest BCUT2D eigenvalue weighted by Crippen LogP contribution is -2.13. The predicted molar refractivity (Wildman–Crippen MR) is 435 cm³/mol. The van der Waals surface area contributed by atoms with Crippen LogP contribution in [0, 0.1) is 6.92 Å². The smallest absolute Gasteiger partial charge is 0.224 e. The van der Waals surface area contributed by atoms with E-state index in [1.807, 2.05) is 65.0 Å². The van der Waals surface area contributed by atoms with Crippen molar-refractivity contribution in [3.8, 4) is 0 Å². The third-order valence-corrected chi connectivity index (χ3v) is 28.3. The Balaban J connectivity index is 0.000000653. The second-order valence-corrected chi connectivity index (χ2v) is 42.9. The van der Waals surface area contributed by atoms with Gasteiger partial charge >= 0.3 is 18.5 Å². The Hall–Kier alpha value is -6.69. The van der Waals surface area contributed by atoms with Gasteiger partial charge in [-0.05, 0) is 205 Å². The molecule has 0 radical (unpaired) electrons. The van der Waals surface area contributed by atoms with Gasteiger partial charge < -0.3 is 0 Å². The van der Waals surface area contributed by atoms with Crippen molar-refractivity contribution in [2.75, 3.05) is 48.5 Å². The molecule has 0 aliphatic carbocycles. The van der Waals surface area contributed by atoms with E-state index in [1.54, 1.807) is 95.3 Å². The molecule has 0 aromatic heterocycles.